The Hall–Kier alpha value is -5.35. The molecule has 0 bridgehead atoms. The number of aliphatic imine (C=N–C) groups is 2. The molecule has 1 N–H and O–H groups in total. The minimum Gasteiger partial charge on any atom is -0.316 e. The maximum Gasteiger partial charge on any atom is 0.332 e. The van der Waals surface area contributed by atoms with Gasteiger partial charge in [0.25, 0.3) is 22.2 Å². The lowest BCUT2D eigenvalue weighted by molar-refractivity contribution is 0.636. The van der Waals surface area contributed by atoms with Gasteiger partial charge in [0.1, 0.15) is 17.3 Å². The number of aromatic amines is 1. The normalized spacial score (nSPS) is 11.6. The second kappa shape index (κ2) is 30.8. The van der Waals surface area contributed by atoms with E-state index < -0.39 is 12.8 Å². The molecule has 6 aromatic heterocycles. The van der Waals surface area contributed by atoms with Crippen molar-refractivity contribution in [2.45, 2.75) is 31.3 Å². The summed E-state index contributed by atoms with van der Waals surface area (Å²) in [6, 6.07) is 23.8. The average Bonchev–Trinajstić information content (AvgIpc) is 2.02. The van der Waals surface area contributed by atoms with Crippen LogP contribution >= 0.6 is 136 Å². The van der Waals surface area contributed by atoms with E-state index in [4.69, 9.17) is 13.6 Å². The summed E-state index contributed by atoms with van der Waals surface area (Å²) in [6.45, 7) is 0.926. The molecule has 9 aromatic rings. The molecular weight excluding hydrogens is 1640 g/mol. The zero-order chi connectivity index (χ0) is 63.5. The largest absolute Gasteiger partial charge is 0.332 e. The number of hydrogen-bond donors (Lipinski definition) is 1. The second-order valence-electron chi connectivity index (χ2n) is 18.0. The lowest BCUT2D eigenvalue weighted by atomic mass is 10.2. The van der Waals surface area contributed by atoms with Crippen molar-refractivity contribution in [3.8, 4) is 0 Å². The van der Waals surface area contributed by atoms with Gasteiger partial charge in [-0.3, -0.25) is 60.1 Å². The average molecular weight is 1690 g/mol. The Morgan fingerprint density at radius 2 is 1.00 bits per heavy atom. The fourth-order valence-electron chi connectivity index (χ4n) is 8.42. The topological polar surface area (TPSA) is 239 Å². The number of alkyl halides is 2. The van der Waals surface area contributed by atoms with Gasteiger partial charge in [0.2, 0.25) is 0 Å². The van der Waals surface area contributed by atoms with Gasteiger partial charge in [0.15, 0.2) is 26.2 Å². The molecule has 446 valence electrons. The number of rotatable bonds is 5. The van der Waals surface area contributed by atoms with Crippen molar-refractivity contribution < 1.29 is 5.76 Å². The smallest absolute Gasteiger partial charge is 0.316 e. The maximum absolute atomic E-state index is 12.5. The number of aromatic nitrogens is 12. The summed E-state index contributed by atoms with van der Waals surface area (Å²) in [7, 11) is 11.3. The number of hydrogen-bond acceptors (Lipinski definition) is 12. The van der Waals surface area contributed by atoms with E-state index in [-0.39, 0.29) is 39.3 Å². The van der Waals surface area contributed by atoms with E-state index in [9.17, 15) is 42.7 Å². The molecule has 8 heterocycles. The van der Waals surface area contributed by atoms with Crippen LogP contribution in [0, 0.1) is 4.77 Å². The van der Waals surface area contributed by atoms with Gasteiger partial charge in [-0.25, -0.2) is 34.1 Å². The van der Waals surface area contributed by atoms with Gasteiger partial charge in [-0.2, -0.15) is 0 Å². The number of benzene rings is 3. The molecule has 2 aliphatic rings. The van der Waals surface area contributed by atoms with Crippen LogP contribution in [0.5, 0.6) is 0 Å². The van der Waals surface area contributed by atoms with Crippen molar-refractivity contribution >= 4 is 181 Å². The highest BCUT2D eigenvalue weighted by Crippen LogP contribution is 2.24. The van der Waals surface area contributed by atoms with Gasteiger partial charge in [-0.15, -0.1) is 0 Å². The standard InChI is InChI=1S/C14H12Br2N4O2.C14H13BrN4O2S.C8H8BrN3O2.C8H9N3O2.C7H6Br2.CH3F.Br2/c1-18-11-10(12(21)19(2)14(18)22)20(13(16)17-11)7-8-4-3-5-9(15)6-8;1-17-11-10(12(20)18(2)14(17)21)19(13(22)16-11)7-8-4-3-5-9(15)6-8;1-11-6-4(3-5(9)10-6)7(13)12(2)8(11)14;1-10-6-5(3-4-9-6)7(12)11(2)8(10)13;8-5-6-2-1-3-7(9)4-6;2*1-2/h3-6H,7H2,1-2H3;3-6H,7H2,1-2H3,(H,16,22);3H2,1-2H3;4H,3H2,1-2H3;1-4H,5H2;1H3;/i;;;;;1D;. The van der Waals surface area contributed by atoms with Crippen LogP contribution in [0.2, 0.25) is 0 Å². The highest BCUT2D eigenvalue weighted by atomic mass is 80.9. The number of aryl methyl sites for hydroxylation is 2. The van der Waals surface area contributed by atoms with Gasteiger partial charge in [-0.05, 0) is 97.2 Å². The van der Waals surface area contributed by atoms with Crippen molar-refractivity contribution in [2.75, 3.05) is 7.15 Å². The number of nitrogens with zero attached hydrogens (tertiary/aromatic N) is 13. The van der Waals surface area contributed by atoms with Crippen LogP contribution in [-0.2, 0) is 87.6 Å². The van der Waals surface area contributed by atoms with Crippen LogP contribution in [0.4, 0.5) is 16.0 Å². The quantitative estimate of drug-likeness (QED) is 0.0975. The molecule has 0 amide bonds. The lowest BCUT2D eigenvalue weighted by Gasteiger charge is -2.08. The monoisotopic (exact) mass is 1680 g/mol. The molecule has 22 nitrogen and oxygen atoms in total. The molecule has 0 saturated heterocycles. The maximum atomic E-state index is 12.5. The van der Waals surface area contributed by atoms with E-state index >= 15 is 0 Å². The Bertz CT molecular complexity index is 4630. The number of fused-ring (bicyclic) bond motifs is 4. The van der Waals surface area contributed by atoms with E-state index in [1.165, 1.54) is 52.0 Å². The summed E-state index contributed by atoms with van der Waals surface area (Å²) < 4.78 is 33.6. The van der Waals surface area contributed by atoms with Crippen molar-refractivity contribution in [3.05, 3.63) is 207 Å². The SMILES string of the molecule is BrBr.BrCc1cccc(Br)c1.Cn1c(=O)c2c([nH]c(=S)n2Cc2cccc(Br)c2)n(C)c1=O.Cn1c(=O)c2c(nc(Br)n2Cc2cccc(Br)c2)n(C)c1=O.Cn1c2c(c(=O)n(C)c1=O)CC(Br)=N2.Cn1c2c(c(=O)n(C)c1=O)CC=N2.[2H]CF. The Balaban J connectivity index is 0.000000196. The Morgan fingerprint density at radius 3 is 1.50 bits per heavy atom. The van der Waals surface area contributed by atoms with Crippen LogP contribution in [0.1, 0.15) is 29.2 Å². The minimum absolute atomic E-state index is 0.240. The highest BCUT2D eigenvalue weighted by molar-refractivity contribution is 9.93. The summed E-state index contributed by atoms with van der Waals surface area (Å²) in [5.41, 5.74) is 3.42. The minimum atomic E-state index is -1.00. The molecule has 0 saturated carbocycles. The lowest BCUT2D eigenvalue weighted by Crippen LogP contribution is -2.38. The van der Waals surface area contributed by atoms with Gasteiger partial charge >= 0.3 is 22.8 Å². The molecule has 0 spiro atoms. The Morgan fingerprint density at radius 1 is 0.571 bits per heavy atom. The Labute approximate surface area is 548 Å². The van der Waals surface area contributed by atoms with E-state index in [2.05, 4.69) is 156 Å². The molecule has 11 rings (SSSR count). The van der Waals surface area contributed by atoms with Gasteiger partial charge in [0, 0.05) is 122 Å². The van der Waals surface area contributed by atoms with Crippen molar-refractivity contribution in [1.29, 1.82) is 0 Å². The van der Waals surface area contributed by atoms with Crippen molar-refractivity contribution in [3.63, 3.8) is 0 Å². The summed E-state index contributed by atoms with van der Waals surface area (Å²) in [5, 5.41) is 0.923. The van der Waals surface area contributed by atoms with Gasteiger partial charge in [-0.1, -0.05) is 100 Å². The first-order chi connectivity index (χ1) is 40.2. The van der Waals surface area contributed by atoms with E-state index in [1.807, 2.05) is 60.7 Å². The third kappa shape index (κ3) is 15.4. The number of halogens is 9. The predicted molar refractivity (Wildman–Crippen MR) is 359 cm³/mol. The van der Waals surface area contributed by atoms with Crippen LogP contribution in [-0.4, -0.2) is 73.6 Å². The van der Waals surface area contributed by atoms with Crippen LogP contribution in [0.3, 0.4) is 0 Å². The second-order valence-corrected chi connectivity index (χ2v) is 23.3. The van der Waals surface area contributed by atoms with Crippen LogP contribution in [0.25, 0.3) is 22.3 Å². The summed E-state index contributed by atoms with van der Waals surface area (Å²) >= 11 is 31.0. The molecule has 3 aromatic carbocycles. The first-order valence-electron chi connectivity index (χ1n) is 24.7. The van der Waals surface area contributed by atoms with Gasteiger partial charge in [0.05, 0.1) is 37.4 Å². The van der Waals surface area contributed by atoms with E-state index in [0.717, 1.165) is 48.1 Å². The summed E-state index contributed by atoms with van der Waals surface area (Å²) in [4.78, 5) is 110. The van der Waals surface area contributed by atoms with Crippen LogP contribution in [0.15, 0.2) is 139 Å². The summed E-state index contributed by atoms with van der Waals surface area (Å²) in [5.74, 6) is 0.957. The molecule has 2 aliphatic heterocycles. The molecule has 0 radical (unpaired) electrons. The molecule has 0 unspecified atom stereocenters. The fourth-order valence-corrected chi connectivity index (χ4v) is 11.3. The number of H-pyrrole nitrogens is 1. The number of nitrogens with one attached hydrogen (secondary N) is 1. The van der Waals surface area contributed by atoms with Crippen LogP contribution < -0.4 is 45.0 Å². The summed E-state index contributed by atoms with van der Waals surface area (Å²) in [6.07, 6.45) is 2.64. The highest BCUT2D eigenvalue weighted by Gasteiger charge is 2.22. The molecular formula is C52H51Br8FN14O8S. The molecule has 32 heteroatoms. The molecule has 0 fully saturated rings. The first-order valence-corrected chi connectivity index (χ1v) is 33.2. The van der Waals surface area contributed by atoms with Gasteiger partial charge < -0.3 is 14.1 Å². The predicted octanol–water partition coefficient (Wildman–Crippen LogP) is 8.94. The zero-order valence-electron chi connectivity index (χ0n) is 46.6. The molecule has 84 heavy (non-hydrogen) atoms. The third-order valence-corrected chi connectivity index (χ3v) is 16.2. The van der Waals surface area contributed by atoms with Crippen molar-refractivity contribution in [2.24, 2.45) is 66.4 Å². The van der Waals surface area contributed by atoms with E-state index in [0.29, 0.717) is 85.1 Å². The third-order valence-electron chi connectivity index (χ3n) is 12.7. The Kier molecular flexibility index (Phi) is 24.9. The first kappa shape index (κ1) is 67.8. The van der Waals surface area contributed by atoms with Crippen molar-refractivity contribution in [1.82, 2.24) is 55.6 Å². The fraction of sp³-hybridized carbons (Fsp3) is 0.269. The van der Waals surface area contributed by atoms with E-state index in [1.54, 1.807) is 43.5 Å². The number of imidazole rings is 2. The molecule has 0 atom stereocenters. The zero-order valence-corrected chi connectivity index (χ0v) is 59.1. The molecule has 0 aliphatic carbocycles.